The normalized spacial score (nSPS) is 20.8. The van der Waals surface area contributed by atoms with Crippen molar-refractivity contribution in [2.45, 2.75) is 18.3 Å². The number of aromatic nitrogens is 1. The highest BCUT2D eigenvalue weighted by Gasteiger charge is 2.38. The zero-order valence-electron chi connectivity index (χ0n) is 14.4. The molecular formula is C18H19Cl2N3O3S. The Morgan fingerprint density at radius 3 is 2.74 bits per heavy atom. The Hall–Kier alpha value is -1.64. The summed E-state index contributed by atoms with van der Waals surface area (Å²) in [5.41, 5.74) is 2.22. The molecule has 9 heteroatoms. The Balaban J connectivity index is 1.79. The summed E-state index contributed by atoms with van der Waals surface area (Å²) in [6.07, 6.45) is 3.25. The number of halogens is 2. The van der Waals surface area contributed by atoms with E-state index in [-0.39, 0.29) is 12.5 Å². The molecule has 1 aliphatic heterocycles. The van der Waals surface area contributed by atoms with Crippen molar-refractivity contribution in [3.8, 4) is 0 Å². The van der Waals surface area contributed by atoms with Crippen molar-refractivity contribution < 1.29 is 13.5 Å². The van der Waals surface area contributed by atoms with Gasteiger partial charge in [-0.25, -0.2) is 18.1 Å². The quantitative estimate of drug-likeness (QED) is 0.616. The van der Waals surface area contributed by atoms with Crippen LogP contribution in [-0.2, 0) is 10.0 Å². The monoisotopic (exact) mass is 427 g/mol. The van der Waals surface area contributed by atoms with E-state index in [4.69, 9.17) is 23.2 Å². The van der Waals surface area contributed by atoms with E-state index in [2.05, 4.69) is 15.0 Å². The Kier molecular flexibility index (Phi) is 6.08. The SMILES string of the molecule is CC1C(c2ccnc(Cl)c2)=CNC1S(=O)(=O)NC(CO)c1cccc(Cl)c1. The van der Waals surface area contributed by atoms with Crippen LogP contribution in [-0.4, -0.2) is 30.5 Å². The van der Waals surface area contributed by atoms with E-state index in [9.17, 15) is 13.5 Å². The van der Waals surface area contributed by atoms with Crippen molar-refractivity contribution in [2.24, 2.45) is 5.92 Å². The van der Waals surface area contributed by atoms with Gasteiger partial charge in [0, 0.05) is 23.3 Å². The van der Waals surface area contributed by atoms with Gasteiger partial charge in [0.1, 0.15) is 10.5 Å². The van der Waals surface area contributed by atoms with Crippen LogP contribution in [0.1, 0.15) is 24.1 Å². The first-order valence-corrected chi connectivity index (χ1v) is 10.6. The average molecular weight is 428 g/mol. The summed E-state index contributed by atoms with van der Waals surface area (Å²) in [7, 11) is -3.80. The molecular weight excluding hydrogens is 409 g/mol. The lowest BCUT2D eigenvalue weighted by atomic mass is 9.98. The molecule has 6 nitrogen and oxygen atoms in total. The molecule has 0 radical (unpaired) electrons. The molecule has 2 heterocycles. The van der Waals surface area contributed by atoms with E-state index < -0.39 is 21.4 Å². The van der Waals surface area contributed by atoms with Crippen molar-refractivity contribution in [3.05, 3.63) is 70.1 Å². The first-order chi connectivity index (χ1) is 12.8. The van der Waals surface area contributed by atoms with Gasteiger partial charge in [-0.3, -0.25) is 0 Å². The molecule has 3 unspecified atom stereocenters. The number of nitrogens with one attached hydrogen (secondary N) is 2. The van der Waals surface area contributed by atoms with Crippen LogP contribution in [0.25, 0.3) is 5.57 Å². The van der Waals surface area contributed by atoms with Crippen LogP contribution in [0.3, 0.4) is 0 Å². The van der Waals surface area contributed by atoms with E-state index in [1.807, 2.05) is 6.92 Å². The molecule has 0 aliphatic carbocycles. The molecule has 3 N–H and O–H groups in total. The molecule has 3 rings (SSSR count). The maximum Gasteiger partial charge on any atom is 0.233 e. The summed E-state index contributed by atoms with van der Waals surface area (Å²) < 4.78 is 28.4. The number of nitrogens with zero attached hydrogens (tertiary/aromatic N) is 1. The molecule has 27 heavy (non-hydrogen) atoms. The van der Waals surface area contributed by atoms with Crippen molar-refractivity contribution in [3.63, 3.8) is 0 Å². The van der Waals surface area contributed by atoms with Crippen LogP contribution in [0.5, 0.6) is 0 Å². The summed E-state index contributed by atoms with van der Waals surface area (Å²) in [6, 6.07) is 9.41. The molecule has 144 valence electrons. The first-order valence-electron chi connectivity index (χ1n) is 8.27. The fourth-order valence-corrected chi connectivity index (χ4v) is 5.16. The second-order valence-electron chi connectivity index (χ2n) is 6.30. The van der Waals surface area contributed by atoms with Gasteiger partial charge >= 0.3 is 0 Å². The predicted octanol–water partition coefficient (Wildman–Crippen LogP) is 2.95. The lowest BCUT2D eigenvalue weighted by molar-refractivity contribution is 0.258. The highest BCUT2D eigenvalue weighted by Crippen LogP contribution is 2.33. The number of rotatable bonds is 6. The second-order valence-corrected chi connectivity index (χ2v) is 8.95. The van der Waals surface area contributed by atoms with Crippen LogP contribution >= 0.6 is 23.2 Å². The Morgan fingerprint density at radius 2 is 2.07 bits per heavy atom. The van der Waals surface area contributed by atoms with Gasteiger partial charge in [0.05, 0.1) is 12.6 Å². The van der Waals surface area contributed by atoms with Crippen LogP contribution < -0.4 is 10.0 Å². The fraction of sp³-hybridized carbons (Fsp3) is 0.278. The number of aliphatic hydroxyl groups excluding tert-OH is 1. The van der Waals surface area contributed by atoms with E-state index in [0.29, 0.717) is 15.7 Å². The molecule has 1 aromatic carbocycles. The maximum absolute atomic E-state index is 12.9. The minimum Gasteiger partial charge on any atom is -0.394 e. The standard InChI is InChI=1S/C18H19Cl2N3O3S/c1-11-15(12-5-6-21-17(20)8-12)9-22-18(11)27(25,26)23-16(10-24)13-3-2-4-14(19)7-13/h2-9,11,16,18,22-24H,10H2,1H3. The number of hydrogen-bond donors (Lipinski definition) is 3. The number of benzene rings is 1. The molecule has 1 aromatic heterocycles. The van der Waals surface area contributed by atoms with E-state index in [1.165, 1.54) is 0 Å². The summed E-state index contributed by atoms with van der Waals surface area (Å²) >= 11 is 11.9. The topological polar surface area (TPSA) is 91.3 Å². The van der Waals surface area contributed by atoms with Gasteiger partial charge < -0.3 is 10.4 Å². The Bertz CT molecular complexity index is 966. The molecule has 0 spiro atoms. The van der Waals surface area contributed by atoms with Crippen LogP contribution in [0, 0.1) is 5.92 Å². The van der Waals surface area contributed by atoms with Crippen molar-refractivity contribution in [1.82, 2.24) is 15.0 Å². The highest BCUT2D eigenvalue weighted by molar-refractivity contribution is 7.90. The van der Waals surface area contributed by atoms with Crippen molar-refractivity contribution >= 4 is 38.8 Å². The van der Waals surface area contributed by atoms with Gasteiger partial charge in [-0.1, -0.05) is 42.3 Å². The molecule has 3 atom stereocenters. The maximum atomic E-state index is 12.9. The third-order valence-corrected chi connectivity index (χ3v) is 6.75. The second kappa shape index (κ2) is 8.16. The van der Waals surface area contributed by atoms with Crippen LogP contribution in [0.15, 0.2) is 48.8 Å². The molecule has 1 aliphatic rings. The minimum atomic E-state index is -3.80. The summed E-state index contributed by atoms with van der Waals surface area (Å²) in [5, 5.41) is 12.5. The van der Waals surface area contributed by atoms with Gasteiger partial charge in [0.15, 0.2) is 0 Å². The van der Waals surface area contributed by atoms with Crippen molar-refractivity contribution in [2.75, 3.05) is 6.61 Å². The number of hydrogen-bond acceptors (Lipinski definition) is 5. The van der Waals surface area contributed by atoms with Gasteiger partial charge in [0.25, 0.3) is 0 Å². The largest absolute Gasteiger partial charge is 0.394 e. The minimum absolute atomic E-state index is 0.334. The Morgan fingerprint density at radius 1 is 1.30 bits per heavy atom. The average Bonchev–Trinajstić information content (AvgIpc) is 3.02. The first kappa shape index (κ1) is 20.1. The number of pyridine rings is 1. The third-order valence-electron chi connectivity index (χ3n) is 4.48. The van der Waals surface area contributed by atoms with Gasteiger partial charge in [-0.15, -0.1) is 0 Å². The van der Waals surface area contributed by atoms with Crippen molar-refractivity contribution in [1.29, 1.82) is 0 Å². The summed E-state index contributed by atoms with van der Waals surface area (Å²) in [5.74, 6) is -0.334. The third kappa shape index (κ3) is 4.44. The van der Waals surface area contributed by atoms with Crippen LogP contribution in [0.4, 0.5) is 0 Å². The van der Waals surface area contributed by atoms with E-state index >= 15 is 0 Å². The number of sulfonamides is 1. The van der Waals surface area contributed by atoms with E-state index in [0.717, 1.165) is 11.1 Å². The van der Waals surface area contributed by atoms with Gasteiger partial charge in [-0.2, -0.15) is 0 Å². The Labute approximate surface area is 168 Å². The predicted molar refractivity (Wildman–Crippen MR) is 107 cm³/mol. The lowest BCUT2D eigenvalue weighted by Gasteiger charge is -2.24. The van der Waals surface area contributed by atoms with Crippen LogP contribution in [0.2, 0.25) is 10.2 Å². The van der Waals surface area contributed by atoms with Gasteiger partial charge in [-0.05, 0) is 41.0 Å². The molecule has 0 amide bonds. The molecule has 2 aromatic rings. The van der Waals surface area contributed by atoms with Gasteiger partial charge in [0.2, 0.25) is 10.0 Å². The summed E-state index contributed by atoms with van der Waals surface area (Å²) in [4.78, 5) is 3.94. The zero-order chi connectivity index (χ0) is 19.6. The molecule has 0 saturated carbocycles. The lowest BCUT2D eigenvalue weighted by Crippen LogP contribution is -2.45. The molecule has 0 saturated heterocycles. The smallest absolute Gasteiger partial charge is 0.233 e. The fourth-order valence-electron chi connectivity index (χ4n) is 3.10. The van der Waals surface area contributed by atoms with E-state index in [1.54, 1.807) is 48.8 Å². The number of aliphatic hydroxyl groups is 1. The zero-order valence-corrected chi connectivity index (χ0v) is 16.8. The molecule has 0 fully saturated rings. The summed E-state index contributed by atoms with van der Waals surface area (Å²) in [6.45, 7) is 1.43. The molecule has 0 bridgehead atoms. The highest BCUT2D eigenvalue weighted by atomic mass is 35.5.